The summed E-state index contributed by atoms with van der Waals surface area (Å²) >= 11 is 0. The van der Waals surface area contributed by atoms with Crippen molar-refractivity contribution in [2.75, 3.05) is 31.6 Å². The second-order valence-corrected chi connectivity index (χ2v) is 5.15. The number of nitro groups is 1. The van der Waals surface area contributed by atoms with Crippen LogP contribution in [0.3, 0.4) is 0 Å². The van der Waals surface area contributed by atoms with Gasteiger partial charge in [-0.1, -0.05) is 0 Å². The number of hydrogen-bond acceptors (Lipinski definition) is 6. The Labute approximate surface area is 125 Å². The number of non-ortho nitro benzene ring substituents is 1. The SMILES string of the molecule is CN1CCN(c2ccnc3c(O)ccc([N+](=O)[O-])c23)CC1=O. The fraction of sp³-hybridized carbons (Fsp3) is 0.286. The van der Waals surface area contributed by atoms with Crippen molar-refractivity contribution in [2.45, 2.75) is 0 Å². The fourth-order valence-corrected chi connectivity index (χ4v) is 2.60. The number of anilines is 1. The summed E-state index contributed by atoms with van der Waals surface area (Å²) < 4.78 is 0. The Morgan fingerprint density at radius 2 is 2.09 bits per heavy atom. The summed E-state index contributed by atoms with van der Waals surface area (Å²) in [5, 5.41) is 21.5. The molecule has 3 rings (SSSR count). The summed E-state index contributed by atoms with van der Waals surface area (Å²) in [6, 6.07) is 4.14. The number of rotatable bonds is 2. The second kappa shape index (κ2) is 5.14. The van der Waals surface area contributed by atoms with Crippen LogP contribution in [-0.4, -0.2) is 52.5 Å². The largest absolute Gasteiger partial charge is 0.506 e. The van der Waals surface area contributed by atoms with Gasteiger partial charge in [0.15, 0.2) is 0 Å². The van der Waals surface area contributed by atoms with E-state index in [0.29, 0.717) is 18.8 Å². The lowest BCUT2D eigenvalue weighted by molar-refractivity contribution is -0.383. The van der Waals surface area contributed by atoms with Crippen molar-refractivity contribution in [3.63, 3.8) is 0 Å². The van der Waals surface area contributed by atoms with E-state index in [1.807, 2.05) is 0 Å². The molecule has 22 heavy (non-hydrogen) atoms. The monoisotopic (exact) mass is 302 g/mol. The lowest BCUT2D eigenvalue weighted by Gasteiger charge is -2.33. The number of amides is 1. The molecule has 2 aromatic rings. The molecule has 1 saturated heterocycles. The van der Waals surface area contributed by atoms with Crippen LogP contribution < -0.4 is 4.90 Å². The number of pyridine rings is 1. The third kappa shape index (κ3) is 2.18. The minimum atomic E-state index is -0.509. The van der Waals surface area contributed by atoms with E-state index in [1.165, 1.54) is 18.3 Å². The molecular weight excluding hydrogens is 288 g/mol. The van der Waals surface area contributed by atoms with Gasteiger partial charge >= 0.3 is 0 Å². The number of benzene rings is 1. The van der Waals surface area contributed by atoms with Gasteiger partial charge in [0.25, 0.3) is 5.69 Å². The maximum atomic E-state index is 11.9. The van der Waals surface area contributed by atoms with Crippen molar-refractivity contribution in [1.29, 1.82) is 0 Å². The van der Waals surface area contributed by atoms with Gasteiger partial charge in [-0.3, -0.25) is 19.9 Å². The maximum Gasteiger partial charge on any atom is 0.281 e. The lowest BCUT2D eigenvalue weighted by atomic mass is 10.1. The predicted molar refractivity (Wildman–Crippen MR) is 79.9 cm³/mol. The third-order valence-corrected chi connectivity index (χ3v) is 3.82. The van der Waals surface area contributed by atoms with Crippen LogP contribution in [0, 0.1) is 10.1 Å². The molecule has 0 saturated carbocycles. The van der Waals surface area contributed by atoms with Crippen molar-refractivity contribution < 1.29 is 14.8 Å². The molecule has 1 amide bonds. The molecule has 0 bridgehead atoms. The first-order valence-electron chi connectivity index (χ1n) is 6.73. The average molecular weight is 302 g/mol. The van der Waals surface area contributed by atoms with E-state index in [9.17, 15) is 20.0 Å². The first-order chi connectivity index (χ1) is 10.5. The zero-order valence-corrected chi connectivity index (χ0v) is 11.9. The van der Waals surface area contributed by atoms with Gasteiger partial charge in [0.2, 0.25) is 5.91 Å². The van der Waals surface area contributed by atoms with E-state index in [1.54, 1.807) is 22.9 Å². The number of nitrogens with zero attached hydrogens (tertiary/aromatic N) is 4. The van der Waals surface area contributed by atoms with E-state index in [2.05, 4.69) is 4.98 Å². The zero-order chi connectivity index (χ0) is 15.9. The predicted octanol–water partition coefficient (Wildman–Crippen LogP) is 1.13. The van der Waals surface area contributed by atoms with Gasteiger partial charge in [0, 0.05) is 32.4 Å². The molecule has 2 heterocycles. The number of fused-ring (bicyclic) bond motifs is 1. The highest BCUT2D eigenvalue weighted by atomic mass is 16.6. The van der Waals surface area contributed by atoms with Crippen LogP contribution in [0.25, 0.3) is 10.9 Å². The number of piperazine rings is 1. The molecule has 0 aliphatic carbocycles. The Hall–Kier alpha value is -2.90. The molecular formula is C14H14N4O4. The van der Waals surface area contributed by atoms with Gasteiger partial charge in [-0.05, 0) is 12.1 Å². The van der Waals surface area contributed by atoms with Crippen LogP contribution >= 0.6 is 0 Å². The van der Waals surface area contributed by atoms with E-state index < -0.39 is 4.92 Å². The Bertz CT molecular complexity index is 777. The topological polar surface area (TPSA) is 99.8 Å². The molecule has 0 unspecified atom stereocenters. The van der Waals surface area contributed by atoms with Crippen molar-refractivity contribution in [3.8, 4) is 5.75 Å². The molecule has 1 aromatic heterocycles. The minimum Gasteiger partial charge on any atom is -0.506 e. The molecule has 114 valence electrons. The average Bonchev–Trinajstić information content (AvgIpc) is 2.50. The summed E-state index contributed by atoms with van der Waals surface area (Å²) in [4.78, 5) is 30.1. The third-order valence-electron chi connectivity index (χ3n) is 3.82. The molecule has 8 heteroatoms. The van der Waals surface area contributed by atoms with Crippen LogP contribution in [0.2, 0.25) is 0 Å². The lowest BCUT2D eigenvalue weighted by Crippen LogP contribution is -2.48. The molecule has 1 aliphatic rings. The molecule has 1 N–H and O–H groups in total. The molecule has 0 spiro atoms. The molecule has 0 atom stereocenters. The van der Waals surface area contributed by atoms with Crippen LogP contribution in [0.1, 0.15) is 0 Å². The van der Waals surface area contributed by atoms with Crippen molar-refractivity contribution >= 4 is 28.2 Å². The number of aromatic nitrogens is 1. The Balaban J connectivity index is 2.19. The number of phenolic OH excluding ortho intramolecular Hbond substituents is 1. The van der Waals surface area contributed by atoms with Crippen molar-refractivity contribution in [2.24, 2.45) is 0 Å². The Morgan fingerprint density at radius 1 is 1.32 bits per heavy atom. The van der Waals surface area contributed by atoms with Gasteiger partial charge in [-0.2, -0.15) is 0 Å². The van der Waals surface area contributed by atoms with Crippen molar-refractivity contribution in [1.82, 2.24) is 9.88 Å². The number of nitro benzene ring substituents is 1. The van der Waals surface area contributed by atoms with E-state index in [-0.39, 0.29) is 34.8 Å². The highest BCUT2D eigenvalue weighted by Crippen LogP contribution is 2.37. The molecule has 1 aromatic carbocycles. The van der Waals surface area contributed by atoms with Gasteiger partial charge in [0.05, 0.1) is 17.2 Å². The zero-order valence-electron chi connectivity index (χ0n) is 11.9. The Morgan fingerprint density at radius 3 is 2.77 bits per heavy atom. The van der Waals surface area contributed by atoms with Gasteiger partial charge in [0.1, 0.15) is 16.7 Å². The standard InChI is InChI=1S/C14H14N4O4/c1-16-6-7-17(8-12(16)20)9-4-5-15-14-11(19)3-2-10(13(9)14)18(21)22/h2-5,19H,6-8H2,1H3. The fourth-order valence-electron chi connectivity index (χ4n) is 2.60. The van der Waals surface area contributed by atoms with Crippen LogP contribution in [0.5, 0.6) is 5.75 Å². The maximum absolute atomic E-state index is 11.9. The first-order valence-corrected chi connectivity index (χ1v) is 6.73. The number of phenols is 1. The van der Waals surface area contributed by atoms with Gasteiger partial charge in [-0.25, -0.2) is 0 Å². The molecule has 0 radical (unpaired) electrons. The highest BCUT2D eigenvalue weighted by Gasteiger charge is 2.26. The summed E-state index contributed by atoms with van der Waals surface area (Å²) in [5.41, 5.74) is 0.564. The minimum absolute atomic E-state index is 0.0565. The summed E-state index contributed by atoms with van der Waals surface area (Å²) in [6.45, 7) is 1.24. The number of aromatic hydroxyl groups is 1. The number of carbonyl (C=O) groups is 1. The van der Waals surface area contributed by atoms with Crippen LogP contribution in [0.15, 0.2) is 24.4 Å². The van der Waals surface area contributed by atoms with Gasteiger partial charge < -0.3 is 14.9 Å². The van der Waals surface area contributed by atoms with E-state index in [0.717, 1.165) is 0 Å². The quantitative estimate of drug-likeness (QED) is 0.659. The summed E-state index contributed by atoms with van der Waals surface area (Å²) in [7, 11) is 1.72. The number of hydrogen-bond donors (Lipinski definition) is 1. The van der Waals surface area contributed by atoms with Crippen molar-refractivity contribution in [3.05, 3.63) is 34.5 Å². The molecule has 1 fully saturated rings. The first kappa shape index (κ1) is 14.1. The smallest absolute Gasteiger partial charge is 0.281 e. The summed E-state index contributed by atoms with van der Waals surface area (Å²) in [6.07, 6.45) is 1.48. The van der Waals surface area contributed by atoms with Crippen LogP contribution in [-0.2, 0) is 4.79 Å². The normalized spacial score (nSPS) is 15.4. The molecule has 1 aliphatic heterocycles. The molecule has 8 nitrogen and oxygen atoms in total. The number of likely N-dealkylation sites (N-methyl/N-ethyl adjacent to an activating group) is 1. The highest BCUT2D eigenvalue weighted by molar-refractivity contribution is 6.02. The van der Waals surface area contributed by atoms with E-state index in [4.69, 9.17) is 0 Å². The number of carbonyl (C=O) groups excluding carboxylic acids is 1. The summed E-state index contributed by atoms with van der Waals surface area (Å²) in [5.74, 6) is -0.179. The van der Waals surface area contributed by atoms with E-state index >= 15 is 0 Å². The second-order valence-electron chi connectivity index (χ2n) is 5.15. The van der Waals surface area contributed by atoms with Gasteiger partial charge in [-0.15, -0.1) is 0 Å². The Kier molecular flexibility index (Phi) is 3.28. The van der Waals surface area contributed by atoms with Crippen LogP contribution in [0.4, 0.5) is 11.4 Å².